The van der Waals surface area contributed by atoms with Crippen LogP contribution in [0.2, 0.25) is 0 Å². The molecular weight excluding hydrogens is 134 g/mol. The number of hydrogen-bond donors (Lipinski definition) is 2. The predicted octanol–water partition coefficient (Wildman–Crippen LogP) is -0.523. The summed E-state index contributed by atoms with van der Waals surface area (Å²) in [4.78, 5) is 10.2. The maximum Gasteiger partial charge on any atom is 0.302 e. The third-order valence-electron chi connectivity index (χ3n) is 0.847. The molecule has 0 bridgehead atoms. The van der Waals surface area contributed by atoms with Crippen LogP contribution in [0.15, 0.2) is 0 Å². The standard InChI is InChI=1S/C6H13NO3/c1-5(8)7-3-4-10-6(2)9/h5,7-8H,3-4H2,1-2H3. The van der Waals surface area contributed by atoms with Gasteiger partial charge in [-0.25, -0.2) is 0 Å². The molecule has 1 atom stereocenters. The van der Waals surface area contributed by atoms with Crippen molar-refractivity contribution >= 4 is 5.97 Å². The van der Waals surface area contributed by atoms with Gasteiger partial charge < -0.3 is 9.84 Å². The second kappa shape index (κ2) is 5.20. The quantitative estimate of drug-likeness (QED) is 0.319. The number of carbonyl (C=O) groups excluding carboxylic acids is 1. The van der Waals surface area contributed by atoms with Gasteiger partial charge in [0.15, 0.2) is 0 Å². The van der Waals surface area contributed by atoms with E-state index in [1.54, 1.807) is 6.92 Å². The molecule has 0 spiro atoms. The van der Waals surface area contributed by atoms with Crippen molar-refractivity contribution in [1.29, 1.82) is 0 Å². The molecule has 0 aromatic carbocycles. The van der Waals surface area contributed by atoms with E-state index < -0.39 is 6.23 Å². The van der Waals surface area contributed by atoms with Gasteiger partial charge in [-0.3, -0.25) is 10.1 Å². The van der Waals surface area contributed by atoms with Gasteiger partial charge in [-0.2, -0.15) is 0 Å². The molecule has 0 fully saturated rings. The van der Waals surface area contributed by atoms with Gasteiger partial charge in [0.05, 0.1) is 0 Å². The zero-order valence-electron chi connectivity index (χ0n) is 6.26. The summed E-state index contributed by atoms with van der Waals surface area (Å²) in [5.41, 5.74) is 0. The largest absolute Gasteiger partial charge is 0.465 e. The van der Waals surface area contributed by atoms with Crippen LogP contribution in [0.4, 0.5) is 0 Å². The zero-order chi connectivity index (χ0) is 7.98. The fourth-order valence-electron chi connectivity index (χ4n) is 0.463. The van der Waals surface area contributed by atoms with Crippen LogP contribution in [0.1, 0.15) is 13.8 Å². The number of rotatable bonds is 4. The van der Waals surface area contributed by atoms with E-state index >= 15 is 0 Å². The fraction of sp³-hybridized carbons (Fsp3) is 0.833. The maximum absolute atomic E-state index is 10.2. The molecule has 0 aliphatic carbocycles. The minimum absolute atomic E-state index is 0.299. The van der Waals surface area contributed by atoms with Gasteiger partial charge >= 0.3 is 5.97 Å². The Morgan fingerprint density at radius 2 is 2.40 bits per heavy atom. The van der Waals surface area contributed by atoms with Crippen LogP contribution >= 0.6 is 0 Å². The Hall–Kier alpha value is -0.610. The molecule has 2 N–H and O–H groups in total. The van der Waals surface area contributed by atoms with Crippen molar-refractivity contribution in [2.45, 2.75) is 20.1 Å². The first-order chi connectivity index (χ1) is 4.63. The minimum Gasteiger partial charge on any atom is -0.465 e. The molecular formula is C6H13NO3. The Labute approximate surface area is 60.2 Å². The Morgan fingerprint density at radius 1 is 1.80 bits per heavy atom. The van der Waals surface area contributed by atoms with E-state index in [0.29, 0.717) is 13.2 Å². The Balaban J connectivity index is 2.98. The first-order valence-electron chi connectivity index (χ1n) is 3.17. The monoisotopic (exact) mass is 147 g/mol. The van der Waals surface area contributed by atoms with Crippen molar-refractivity contribution < 1.29 is 14.6 Å². The summed E-state index contributed by atoms with van der Waals surface area (Å²) in [6.45, 7) is 3.74. The number of aliphatic hydroxyl groups is 1. The molecule has 4 heteroatoms. The fourth-order valence-corrected chi connectivity index (χ4v) is 0.463. The lowest BCUT2D eigenvalue weighted by Crippen LogP contribution is -2.29. The molecule has 10 heavy (non-hydrogen) atoms. The predicted molar refractivity (Wildman–Crippen MR) is 36.3 cm³/mol. The van der Waals surface area contributed by atoms with Crippen molar-refractivity contribution in [1.82, 2.24) is 5.32 Å². The molecule has 0 radical (unpaired) electrons. The lowest BCUT2D eigenvalue weighted by Gasteiger charge is -2.06. The number of aliphatic hydroxyl groups excluding tert-OH is 1. The van der Waals surface area contributed by atoms with Crippen LogP contribution in [-0.2, 0) is 9.53 Å². The molecule has 0 aromatic rings. The van der Waals surface area contributed by atoms with Gasteiger partial charge in [-0.15, -0.1) is 0 Å². The van der Waals surface area contributed by atoms with Crippen LogP contribution in [0.5, 0.6) is 0 Å². The average molecular weight is 147 g/mol. The SMILES string of the molecule is CC(=O)OCCNC(C)O. The van der Waals surface area contributed by atoms with Crippen molar-refractivity contribution in [3.63, 3.8) is 0 Å². The van der Waals surface area contributed by atoms with Crippen molar-refractivity contribution in [3.8, 4) is 0 Å². The number of esters is 1. The molecule has 0 amide bonds. The smallest absolute Gasteiger partial charge is 0.302 e. The Kier molecular flexibility index (Phi) is 4.88. The van der Waals surface area contributed by atoms with E-state index in [9.17, 15) is 4.79 Å². The molecule has 0 rings (SSSR count). The van der Waals surface area contributed by atoms with E-state index in [2.05, 4.69) is 10.1 Å². The summed E-state index contributed by atoms with van der Waals surface area (Å²) < 4.78 is 4.58. The van der Waals surface area contributed by atoms with E-state index in [-0.39, 0.29) is 5.97 Å². The maximum atomic E-state index is 10.2. The van der Waals surface area contributed by atoms with Crippen LogP contribution in [-0.4, -0.2) is 30.5 Å². The van der Waals surface area contributed by atoms with Gasteiger partial charge in [-0.05, 0) is 6.92 Å². The highest BCUT2D eigenvalue weighted by Crippen LogP contribution is 1.75. The minimum atomic E-state index is -0.546. The number of nitrogens with one attached hydrogen (secondary N) is 1. The third-order valence-corrected chi connectivity index (χ3v) is 0.847. The zero-order valence-corrected chi connectivity index (χ0v) is 6.26. The summed E-state index contributed by atoms with van der Waals surface area (Å²) in [6.07, 6.45) is -0.546. The summed E-state index contributed by atoms with van der Waals surface area (Å²) in [5.74, 6) is -0.299. The van der Waals surface area contributed by atoms with Gasteiger partial charge in [0.25, 0.3) is 0 Å². The molecule has 4 nitrogen and oxygen atoms in total. The van der Waals surface area contributed by atoms with Crippen molar-refractivity contribution in [3.05, 3.63) is 0 Å². The second-order valence-corrected chi connectivity index (χ2v) is 1.97. The summed E-state index contributed by atoms with van der Waals surface area (Å²) in [7, 11) is 0. The molecule has 0 saturated heterocycles. The molecule has 0 saturated carbocycles. The first-order valence-corrected chi connectivity index (χ1v) is 3.17. The lowest BCUT2D eigenvalue weighted by molar-refractivity contribution is -0.140. The number of carbonyl (C=O) groups is 1. The van der Waals surface area contributed by atoms with E-state index in [4.69, 9.17) is 5.11 Å². The van der Waals surface area contributed by atoms with Crippen LogP contribution in [0.25, 0.3) is 0 Å². The van der Waals surface area contributed by atoms with Gasteiger partial charge in [0.1, 0.15) is 12.8 Å². The summed E-state index contributed by atoms with van der Waals surface area (Å²) in [5, 5.41) is 11.3. The average Bonchev–Trinajstić information content (AvgIpc) is 1.79. The second-order valence-electron chi connectivity index (χ2n) is 1.97. The van der Waals surface area contributed by atoms with Crippen LogP contribution in [0, 0.1) is 0 Å². The highest BCUT2D eigenvalue weighted by molar-refractivity contribution is 5.65. The first kappa shape index (κ1) is 9.39. The topological polar surface area (TPSA) is 58.6 Å². The number of ether oxygens (including phenoxy) is 1. The van der Waals surface area contributed by atoms with E-state index in [1.165, 1.54) is 6.92 Å². The highest BCUT2D eigenvalue weighted by atomic mass is 16.5. The summed E-state index contributed by atoms with van der Waals surface area (Å²) >= 11 is 0. The van der Waals surface area contributed by atoms with Crippen LogP contribution in [0.3, 0.4) is 0 Å². The van der Waals surface area contributed by atoms with E-state index in [1.807, 2.05) is 0 Å². The molecule has 0 aliphatic heterocycles. The Bertz CT molecular complexity index is 103. The highest BCUT2D eigenvalue weighted by Gasteiger charge is 1.94. The number of hydrogen-bond acceptors (Lipinski definition) is 4. The summed E-state index contributed by atoms with van der Waals surface area (Å²) in [6, 6.07) is 0. The third kappa shape index (κ3) is 7.39. The lowest BCUT2D eigenvalue weighted by atomic mass is 10.6. The van der Waals surface area contributed by atoms with Crippen molar-refractivity contribution in [2.75, 3.05) is 13.2 Å². The van der Waals surface area contributed by atoms with Gasteiger partial charge in [0.2, 0.25) is 0 Å². The van der Waals surface area contributed by atoms with E-state index in [0.717, 1.165) is 0 Å². The normalized spacial score (nSPS) is 12.7. The Morgan fingerprint density at radius 3 is 2.80 bits per heavy atom. The molecule has 0 heterocycles. The van der Waals surface area contributed by atoms with Crippen LogP contribution < -0.4 is 5.32 Å². The molecule has 0 aliphatic rings. The molecule has 0 aromatic heterocycles. The molecule has 1 unspecified atom stereocenters. The van der Waals surface area contributed by atoms with Gasteiger partial charge in [0, 0.05) is 13.5 Å². The van der Waals surface area contributed by atoms with Gasteiger partial charge in [-0.1, -0.05) is 0 Å². The van der Waals surface area contributed by atoms with Crippen molar-refractivity contribution in [2.24, 2.45) is 0 Å². The molecule has 60 valence electrons.